The first-order valence-corrected chi connectivity index (χ1v) is 3.52. The van der Waals surface area contributed by atoms with Gasteiger partial charge in [-0.05, 0) is 27.7 Å². The molecule has 0 aliphatic carbocycles. The van der Waals surface area contributed by atoms with Gasteiger partial charge in [-0.2, -0.15) is 0 Å². The smallest absolute Gasteiger partial charge is 0.0545 e. The van der Waals surface area contributed by atoms with Crippen molar-refractivity contribution in [3.8, 4) is 0 Å². The molecular formula is C8H14N2. The maximum atomic E-state index is 3.94. The van der Waals surface area contributed by atoms with Crippen LogP contribution in [-0.4, -0.2) is 23.8 Å². The number of nitrogens with zero attached hydrogens (tertiary/aromatic N) is 2. The quantitative estimate of drug-likeness (QED) is 0.519. The first-order valence-electron chi connectivity index (χ1n) is 3.52. The van der Waals surface area contributed by atoms with Crippen LogP contribution < -0.4 is 0 Å². The van der Waals surface area contributed by atoms with Crippen LogP contribution >= 0.6 is 0 Å². The Morgan fingerprint density at radius 2 is 1.10 bits per heavy atom. The zero-order valence-electron chi connectivity index (χ0n) is 7.05. The van der Waals surface area contributed by atoms with Crippen molar-refractivity contribution in [3.05, 3.63) is 0 Å². The Labute approximate surface area is 62.4 Å². The highest BCUT2D eigenvalue weighted by molar-refractivity contribution is 5.88. The van der Waals surface area contributed by atoms with E-state index in [0.717, 1.165) is 0 Å². The van der Waals surface area contributed by atoms with E-state index in [1.54, 1.807) is 0 Å². The van der Waals surface area contributed by atoms with Crippen LogP contribution in [0.1, 0.15) is 27.7 Å². The molecule has 10 heavy (non-hydrogen) atoms. The summed E-state index contributed by atoms with van der Waals surface area (Å²) in [5.74, 6) is 5.25. The molecule has 0 fully saturated rings. The van der Waals surface area contributed by atoms with Crippen LogP contribution in [0.4, 0.5) is 0 Å². The minimum absolute atomic E-state index is 0.287. The summed E-state index contributed by atoms with van der Waals surface area (Å²) in [5.41, 5.74) is 0. The lowest BCUT2D eigenvalue weighted by Crippen LogP contribution is -1.87. The van der Waals surface area contributed by atoms with Gasteiger partial charge in [-0.3, -0.25) is 0 Å². The van der Waals surface area contributed by atoms with Crippen molar-refractivity contribution < 1.29 is 0 Å². The largest absolute Gasteiger partial charge is 0.231 e. The van der Waals surface area contributed by atoms with E-state index in [4.69, 9.17) is 0 Å². The van der Waals surface area contributed by atoms with E-state index in [9.17, 15) is 0 Å². The monoisotopic (exact) mass is 138 g/mol. The van der Waals surface area contributed by atoms with E-state index in [0.29, 0.717) is 0 Å². The van der Waals surface area contributed by atoms with Crippen LogP contribution in [-0.2, 0) is 0 Å². The number of hydrogen-bond donors (Lipinski definition) is 0. The molecule has 0 aromatic carbocycles. The first-order chi connectivity index (χ1) is 4.63. The fourth-order valence-corrected chi connectivity index (χ4v) is 0.316. The van der Waals surface area contributed by atoms with Gasteiger partial charge in [0.1, 0.15) is 0 Å². The predicted octanol–water partition coefficient (Wildman–Crippen LogP) is 1.70. The highest BCUT2D eigenvalue weighted by Crippen LogP contribution is 1.81. The lowest BCUT2D eigenvalue weighted by Gasteiger charge is -1.86. The Balaban J connectivity index is 3.96. The Hall–Kier alpha value is -0.840. The predicted molar refractivity (Wildman–Crippen MR) is 45.1 cm³/mol. The normalized spacial score (nSPS) is 9.00. The molecule has 0 aliphatic rings. The van der Waals surface area contributed by atoms with Crippen LogP contribution in [0.3, 0.4) is 0 Å². The molecule has 0 aromatic rings. The standard InChI is InChI=1S/C8H14N2/c1-7(2)9-5-6-10-8(3)4/h7-8H,1-4H3. The summed E-state index contributed by atoms with van der Waals surface area (Å²) in [6.45, 7) is 7.96. The van der Waals surface area contributed by atoms with E-state index in [1.807, 2.05) is 27.7 Å². The number of rotatable bonds is 2. The second-order valence-electron chi connectivity index (χ2n) is 2.67. The van der Waals surface area contributed by atoms with E-state index < -0.39 is 0 Å². The van der Waals surface area contributed by atoms with Gasteiger partial charge in [0, 0.05) is 0 Å². The molecule has 0 rings (SSSR count). The van der Waals surface area contributed by atoms with E-state index in [1.165, 1.54) is 0 Å². The van der Waals surface area contributed by atoms with Gasteiger partial charge < -0.3 is 0 Å². The van der Waals surface area contributed by atoms with Crippen LogP contribution in [0, 0.1) is 0 Å². The highest BCUT2D eigenvalue weighted by atomic mass is 14.8. The van der Waals surface area contributed by atoms with Gasteiger partial charge in [0.15, 0.2) is 0 Å². The van der Waals surface area contributed by atoms with Crippen molar-refractivity contribution in [2.45, 2.75) is 39.8 Å². The summed E-state index contributed by atoms with van der Waals surface area (Å²) in [4.78, 5) is 7.88. The fourth-order valence-electron chi connectivity index (χ4n) is 0.316. The SMILES string of the molecule is CC(C)N=C=C=NC(C)C. The summed E-state index contributed by atoms with van der Waals surface area (Å²) in [6, 6.07) is 0.574. The molecule has 2 heteroatoms. The lowest BCUT2D eigenvalue weighted by atomic mass is 10.4. The van der Waals surface area contributed by atoms with Gasteiger partial charge in [-0.1, -0.05) is 0 Å². The van der Waals surface area contributed by atoms with Crippen molar-refractivity contribution in [1.29, 1.82) is 0 Å². The lowest BCUT2D eigenvalue weighted by molar-refractivity contribution is 0.839. The summed E-state index contributed by atoms with van der Waals surface area (Å²) < 4.78 is 0. The third-order valence-corrected chi connectivity index (χ3v) is 0.695. The molecule has 56 valence electrons. The second-order valence-corrected chi connectivity index (χ2v) is 2.67. The van der Waals surface area contributed by atoms with Gasteiger partial charge in [0.2, 0.25) is 0 Å². The van der Waals surface area contributed by atoms with Crippen molar-refractivity contribution >= 4 is 11.7 Å². The van der Waals surface area contributed by atoms with Gasteiger partial charge in [0.05, 0.1) is 23.8 Å². The molecule has 0 amide bonds. The molecule has 2 nitrogen and oxygen atoms in total. The Morgan fingerprint density at radius 1 is 0.800 bits per heavy atom. The summed E-state index contributed by atoms with van der Waals surface area (Å²) in [7, 11) is 0. The van der Waals surface area contributed by atoms with Gasteiger partial charge in [0.25, 0.3) is 0 Å². The third kappa shape index (κ3) is 7.16. The zero-order valence-corrected chi connectivity index (χ0v) is 7.05. The zero-order chi connectivity index (χ0) is 7.98. The summed E-state index contributed by atoms with van der Waals surface area (Å²) in [5, 5.41) is 0. The fraction of sp³-hybridized carbons (Fsp3) is 0.750. The van der Waals surface area contributed by atoms with E-state index in [2.05, 4.69) is 21.7 Å². The average molecular weight is 138 g/mol. The number of aliphatic imine (C=N–C) groups is 2. The highest BCUT2D eigenvalue weighted by Gasteiger charge is 1.80. The van der Waals surface area contributed by atoms with Crippen LogP contribution in [0.2, 0.25) is 0 Å². The van der Waals surface area contributed by atoms with Crippen LogP contribution in [0.15, 0.2) is 9.98 Å². The third-order valence-electron chi connectivity index (χ3n) is 0.695. The molecule has 0 aromatic heterocycles. The molecule has 0 unspecified atom stereocenters. The van der Waals surface area contributed by atoms with Gasteiger partial charge >= 0.3 is 0 Å². The van der Waals surface area contributed by atoms with Crippen molar-refractivity contribution in [3.63, 3.8) is 0 Å². The minimum Gasteiger partial charge on any atom is -0.231 e. The Morgan fingerprint density at radius 3 is 1.30 bits per heavy atom. The van der Waals surface area contributed by atoms with Crippen molar-refractivity contribution in [2.24, 2.45) is 9.98 Å². The van der Waals surface area contributed by atoms with Crippen LogP contribution in [0.25, 0.3) is 0 Å². The average Bonchev–Trinajstić information content (AvgIpc) is 1.79. The van der Waals surface area contributed by atoms with Gasteiger partial charge in [-0.15, -0.1) is 0 Å². The molecule has 0 spiro atoms. The van der Waals surface area contributed by atoms with Crippen LogP contribution in [0.5, 0.6) is 0 Å². The van der Waals surface area contributed by atoms with Crippen molar-refractivity contribution in [1.82, 2.24) is 0 Å². The molecule has 0 bridgehead atoms. The van der Waals surface area contributed by atoms with E-state index >= 15 is 0 Å². The first kappa shape index (κ1) is 9.16. The summed E-state index contributed by atoms with van der Waals surface area (Å²) >= 11 is 0. The topological polar surface area (TPSA) is 24.7 Å². The maximum Gasteiger partial charge on any atom is 0.0545 e. The number of hydrogen-bond acceptors (Lipinski definition) is 2. The molecule has 0 heterocycles. The molecule has 0 saturated heterocycles. The summed E-state index contributed by atoms with van der Waals surface area (Å²) in [6.07, 6.45) is 0. The van der Waals surface area contributed by atoms with Gasteiger partial charge in [-0.25, -0.2) is 9.98 Å². The minimum atomic E-state index is 0.287. The molecule has 0 aliphatic heterocycles. The second kappa shape index (κ2) is 4.99. The molecule has 0 saturated carbocycles. The Kier molecular flexibility index (Phi) is 4.57. The molecule has 0 atom stereocenters. The van der Waals surface area contributed by atoms with Crippen molar-refractivity contribution in [2.75, 3.05) is 0 Å². The molecular weight excluding hydrogens is 124 g/mol. The van der Waals surface area contributed by atoms with E-state index in [-0.39, 0.29) is 12.1 Å². The Bertz CT molecular complexity index is 148. The molecule has 0 radical (unpaired) electrons. The molecule has 0 N–H and O–H groups in total. The maximum absolute atomic E-state index is 3.94.